The molecule has 1 aromatic heterocycles. The van der Waals surface area contributed by atoms with Gasteiger partial charge in [0.25, 0.3) is 0 Å². The fourth-order valence-corrected chi connectivity index (χ4v) is 2.12. The monoisotopic (exact) mass is 248 g/mol. The van der Waals surface area contributed by atoms with E-state index in [2.05, 4.69) is 9.83 Å². The SMILES string of the molecule is [C-]#[N+]c1ccc(Cn2c(N)nc3ccccc32)cc1. The van der Waals surface area contributed by atoms with Gasteiger partial charge in [-0.25, -0.2) is 9.83 Å². The smallest absolute Gasteiger partial charge is 0.201 e. The van der Waals surface area contributed by atoms with Crippen molar-refractivity contribution in [3.63, 3.8) is 0 Å². The molecule has 4 heteroatoms. The van der Waals surface area contributed by atoms with E-state index in [4.69, 9.17) is 12.3 Å². The predicted octanol–water partition coefficient (Wildman–Crippen LogP) is 3.22. The van der Waals surface area contributed by atoms with Gasteiger partial charge in [-0.15, -0.1) is 0 Å². The summed E-state index contributed by atoms with van der Waals surface area (Å²) in [5.41, 5.74) is 9.63. The number of hydrogen-bond acceptors (Lipinski definition) is 2. The van der Waals surface area contributed by atoms with E-state index >= 15 is 0 Å². The van der Waals surface area contributed by atoms with Crippen molar-refractivity contribution in [2.75, 3.05) is 5.73 Å². The topological polar surface area (TPSA) is 48.2 Å². The molecule has 0 amide bonds. The minimum absolute atomic E-state index is 0.510. The first-order valence-corrected chi connectivity index (χ1v) is 5.95. The van der Waals surface area contributed by atoms with Gasteiger partial charge in [0.1, 0.15) is 0 Å². The van der Waals surface area contributed by atoms with Crippen molar-refractivity contribution < 1.29 is 0 Å². The van der Waals surface area contributed by atoms with E-state index in [0.29, 0.717) is 18.2 Å². The zero-order valence-corrected chi connectivity index (χ0v) is 10.2. The second kappa shape index (κ2) is 4.46. The quantitative estimate of drug-likeness (QED) is 0.708. The average molecular weight is 248 g/mol. The van der Waals surface area contributed by atoms with Crippen LogP contribution >= 0.6 is 0 Å². The standard InChI is InChI=1S/C15H12N4/c1-17-12-8-6-11(7-9-12)10-19-14-5-3-2-4-13(14)18-15(19)16/h2-9H,10H2,(H2,16,18). The molecule has 0 saturated carbocycles. The van der Waals surface area contributed by atoms with Gasteiger partial charge in [0.15, 0.2) is 5.69 Å². The number of aromatic nitrogens is 2. The van der Waals surface area contributed by atoms with E-state index < -0.39 is 0 Å². The molecule has 0 saturated heterocycles. The van der Waals surface area contributed by atoms with Crippen LogP contribution in [0.15, 0.2) is 48.5 Å². The summed E-state index contributed by atoms with van der Waals surface area (Å²) in [6, 6.07) is 15.4. The normalized spacial score (nSPS) is 10.5. The molecule has 0 atom stereocenters. The summed E-state index contributed by atoms with van der Waals surface area (Å²) in [5, 5.41) is 0. The van der Waals surface area contributed by atoms with Crippen LogP contribution in [0.4, 0.5) is 11.6 Å². The van der Waals surface area contributed by atoms with Gasteiger partial charge in [-0.1, -0.05) is 36.4 Å². The van der Waals surface area contributed by atoms with E-state index in [1.54, 1.807) is 0 Å². The molecule has 0 aliphatic heterocycles. The van der Waals surface area contributed by atoms with Crippen molar-refractivity contribution in [3.05, 3.63) is 65.5 Å². The molecule has 2 N–H and O–H groups in total. The van der Waals surface area contributed by atoms with E-state index in [1.807, 2.05) is 53.1 Å². The highest BCUT2D eigenvalue weighted by molar-refractivity contribution is 5.78. The Morgan fingerprint density at radius 1 is 1.11 bits per heavy atom. The van der Waals surface area contributed by atoms with Crippen molar-refractivity contribution in [1.29, 1.82) is 0 Å². The Hall–Kier alpha value is -2.80. The van der Waals surface area contributed by atoms with Gasteiger partial charge >= 0.3 is 0 Å². The van der Waals surface area contributed by atoms with Crippen LogP contribution in [0.5, 0.6) is 0 Å². The van der Waals surface area contributed by atoms with Gasteiger partial charge in [-0.05, 0) is 17.7 Å². The lowest BCUT2D eigenvalue weighted by Crippen LogP contribution is -2.04. The summed E-state index contributed by atoms with van der Waals surface area (Å²) in [4.78, 5) is 7.72. The summed E-state index contributed by atoms with van der Waals surface area (Å²) < 4.78 is 1.97. The maximum Gasteiger partial charge on any atom is 0.201 e. The second-order valence-electron chi connectivity index (χ2n) is 4.32. The average Bonchev–Trinajstić information content (AvgIpc) is 2.76. The lowest BCUT2D eigenvalue weighted by molar-refractivity contribution is 0.839. The lowest BCUT2D eigenvalue weighted by Gasteiger charge is -2.06. The zero-order chi connectivity index (χ0) is 13.2. The van der Waals surface area contributed by atoms with E-state index in [-0.39, 0.29) is 0 Å². The molecule has 0 aliphatic rings. The Bertz CT molecular complexity index is 763. The first kappa shape index (κ1) is 11.3. The summed E-state index contributed by atoms with van der Waals surface area (Å²) in [7, 11) is 0. The Labute approximate surface area is 110 Å². The molecular formula is C15H12N4. The summed E-state index contributed by atoms with van der Waals surface area (Å²) >= 11 is 0. The molecule has 4 nitrogen and oxygen atoms in total. The molecular weight excluding hydrogens is 236 g/mol. The molecule has 0 radical (unpaired) electrons. The van der Waals surface area contributed by atoms with E-state index in [0.717, 1.165) is 16.6 Å². The highest BCUT2D eigenvalue weighted by Crippen LogP contribution is 2.20. The number of anilines is 1. The molecule has 2 aromatic carbocycles. The number of imidazole rings is 1. The fraction of sp³-hybridized carbons (Fsp3) is 0.0667. The van der Waals surface area contributed by atoms with Gasteiger partial charge in [0, 0.05) is 0 Å². The van der Waals surface area contributed by atoms with Crippen molar-refractivity contribution in [3.8, 4) is 0 Å². The van der Waals surface area contributed by atoms with Crippen molar-refractivity contribution >= 4 is 22.7 Å². The van der Waals surface area contributed by atoms with Crippen molar-refractivity contribution in [2.45, 2.75) is 6.54 Å². The van der Waals surface area contributed by atoms with E-state index in [1.165, 1.54) is 0 Å². The number of fused-ring (bicyclic) bond motifs is 1. The maximum absolute atomic E-state index is 6.94. The number of rotatable bonds is 2. The molecule has 0 fully saturated rings. The van der Waals surface area contributed by atoms with Gasteiger partial charge in [0.2, 0.25) is 5.95 Å². The highest BCUT2D eigenvalue weighted by Gasteiger charge is 2.07. The lowest BCUT2D eigenvalue weighted by atomic mass is 10.2. The number of para-hydroxylation sites is 2. The van der Waals surface area contributed by atoms with Crippen LogP contribution in [0.25, 0.3) is 15.9 Å². The van der Waals surface area contributed by atoms with Gasteiger partial charge < -0.3 is 10.3 Å². The third-order valence-corrected chi connectivity index (χ3v) is 3.09. The summed E-state index contributed by atoms with van der Waals surface area (Å²) in [6.07, 6.45) is 0. The third-order valence-electron chi connectivity index (χ3n) is 3.09. The van der Waals surface area contributed by atoms with Crippen LogP contribution in [0.2, 0.25) is 0 Å². The molecule has 19 heavy (non-hydrogen) atoms. The summed E-state index contributed by atoms with van der Waals surface area (Å²) in [6.45, 7) is 7.60. The summed E-state index contributed by atoms with van der Waals surface area (Å²) in [5.74, 6) is 0.510. The molecule has 0 spiro atoms. The molecule has 0 bridgehead atoms. The Kier molecular flexibility index (Phi) is 2.66. The van der Waals surface area contributed by atoms with Crippen LogP contribution in [0.3, 0.4) is 0 Å². The number of hydrogen-bond donors (Lipinski definition) is 1. The van der Waals surface area contributed by atoms with Crippen LogP contribution < -0.4 is 5.73 Å². The molecule has 0 unspecified atom stereocenters. The van der Waals surface area contributed by atoms with Gasteiger partial charge in [0.05, 0.1) is 24.2 Å². The maximum atomic E-state index is 6.94. The molecule has 3 rings (SSSR count). The van der Waals surface area contributed by atoms with Crippen molar-refractivity contribution in [2.24, 2.45) is 0 Å². The highest BCUT2D eigenvalue weighted by atomic mass is 15.1. The number of nitrogen functional groups attached to an aromatic ring is 1. The number of nitrogens with two attached hydrogens (primary N) is 1. The molecule has 92 valence electrons. The second-order valence-corrected chi connectivity index (χ2v) is 4.32. The first-order chi connectivity index (χ1) is 9.28. The first-order valence-electron chi connectivity index (χ1n) is 5.95. The van der Waals surface area contributed by atoms with Gasteiger partial charge in [-0.2, -0.15) is 0 Å². The molecule has 3 aromatic rings. The third kappa shape index (κ3) is 2.02. The van der Waals surface area contributed by atoms with Crippen molar-refractivity contribution in [1.82, 2.24) is 9.55 Å². The zero-order valence-electron chi connectivity index (χ0n) is 10.2. The Balaban J connectivity index is 2.00. The van der Waals surface area contributed by atoms with Crippen LogP contribution in [-0.2, 0) is 6.54 Å². The largest absolute Gasteiger partial charge is 0.369 e. The van der Waals surface area contributed by atoms with Crippen LogP contribution in [-0.4, -0.2) is 9.55 Å². The van der Waals surface area contributed by atoms with Gasteiger partial charge in [-0.3, -0.25) is 0 Å². The van der Waals surface area contributed by atoms with E-state index in [9.17, 15) is 0 Å². The Morgan fingerprint density at radius 3 is 2.58 bits per heavy atom. The minimum Gasteiger partial charge on any atom is -0.369 e. The number of nitrogens with zero attached hydrogens (tertiary/aromatic N) is 3. The predicted molar refractivity (Wildman–Crippen MR) is 76.0 cm³/mol. The number of benzene rings is 2. The minimum atomic E-state index is 0.510. The fourth-order valence-electron chi connectivity index (χ4n) is 2.12. The van der Waals surface area contributed by atoms with Crippen LogP contribution in [0, 0.1) is 6.57 Å². The molecule has 0 aliphatic carbocycles. The van der Waals surface area contributed by atoms with Crippen LogP contribution in [0.1, 0.15) is 5.56 Å². The molecule has 1 heterocycles. The Morgan fingerprint density at radius 2 is 1.84 bits per heavy atom.